The number of nitrogens with zero attached hydrogens (tertiary/aromatic N) is 1. The summed E-state index contributed by atoms with van der Waals surface area (Å²) in [7, 11) is -0.438. The largest absolute Gasteiger partial charge is 0.490 e. The maximum atomic E-state index is 12.0. The highest BCUT2D eigenvalue weighted by Crippen LogP contribution is 2.25. The average molecular weight is 370 g/mol. The standard InChI is InChI=1S/C17H20ClNO4S/c1-13-4-9-16(18)17(12-13)23-11-10-22-14-5-7-15(8-6-14)24(20,21)19(2)3/h4-9,12H,10-11H2,1-3H3. The Morgan fingerprint density at radius 2 is 1.62 bits per heavy atom. The molecule has 7 heteroatoms. The van der Waals surface area contributed by atoms with Gasteiger partial charge in [-0.25, -0.2) is 12.7 Å². The molecule has 2 rings (SSSR count). The summed E-state index contributed by atoms with van der Waals surface area (Å²) in [4.78, 5) is 0.225. The summed E-state index contributed by atoms with van der Waals surface area (Å²) in [5.41, 5.74) is 1.06. The number of aryl methyl sites for hydroxylation is 1. The summed E-state index contributed by atoms with van der Waals surface area (Å²) >= 11 is 6.05. The zero-order valence-corrected chi connectivity index (χ0v) is 15.4. The fraction of sp³-hybridized carbons (Fsp3) is 0.294. The van der Waals surface area contributed by atoms with E-state index in [-0.39, 0.29) is 4.90 Å². The number of ether oxygens (including phenoxy) is 2. The Bertz CT molecular complexity index is 789. The zero-order valence-electron chi connectivity index (χ0n) is 13.8. The lowest BCUT2D eigenvalue weighted by atomic mass is 10.2. The first-order valence-electron chi connectivity index (χ1n) is 7.35. The van der Waals surface area contributed by atoms with Crippen molar-refractivity contribution in [2.45, 2.75) is 11.8 Å². The first kappa shape index (κ1) is 18.6. The van der Waals surface area contributed by atoms with E-state index in [0.29, 0.717) is 29.7 Å². The number of rotatable bonds is 7. The molecule has 0 unspecified atom stereocenters. The summed E-state index contributed by atoms with van der Waals surface area (Å²) < 4.78 is 36.3. The van der Waals surface area contributed by atoms with Crippen LogP contribution in [0.3, 0.4) is 0 Å². The zero-order chi connectivity index (χ0) is 17.7. The highest BCUT2D eigenvalue weighted by atomic mass is 35.5. The van der Waals surface area contributed by atoms with Gasteiger partial charge in [-0.2, -0.15) is 0 Å². The molecule has 5 nitrogen and oxygen atoms in total. The molecule has 0 saturated carbocycles. The van der Waals surface area contributed by atoms with E-state index >= 15 is 0 Å². The summed E-state index contributed by atoms with van der Waals surface area (Å²) in [5.74, 6) is 1.19. The van der Waals surface area contributed by atoms with Gasteiger partial charge in [0.15, 0.2) is 0 Å². The topological polar surface area (TPSA) is 55.8 Å². The Kier molecular flexibility index (Phi) is 6.10. The van der Waals surface area contributed by atoms with E-state index in [9.17, 15) is 8.42 Å². The second kappa shape index (κ2) is 7.88. The molecule has 130 valence electrons. The first-order chi connectivity index (χ1) is 11.3. The van der Waals surface area contributed by atoms with Crippen LogP contribution in [0.4, 0.5) is 0 Å². The van der Waals surface area contributed by atoms with Gasteiger partial charge >= 0.3 is 0 Å². The summed E-state index contributed by atoms with van der Waals surface area (Å²) in [6.07, 6.45) is 0. The Morgan fingerprint density at radius 3 is 2.25 bits per heavy atom. The molecular weight excluding hydrogens is 350 g/mol. The summed E-state index contributed by atoms with van der Waals surface area (Å²) in [6, 6.07) is 11.8. The van der Waals surface area contributed by atoms with E-state index in [4.69, 9.17) is 21.1 Å². The van der Waals surface area contributed by atoms with Gasteiger partial charge in [-0.15, -0.1) is 0 Å². The van der Waals surface area contributed by atoms with Crippen LogP contribution in [-0.4, -0.2) is 40.0 Å². The molecule has 0 amide bonds. The lowest BCUT2D eigenvalue weighted by Gasteiger charge is -2.12. The molecule has 0 heterocycles. The highest BCUT2D eigenvalue weighted by Gasteiger charge is 2.16. The molecule has 0 atom stereocenters. The Hall–Kier alpha value is -1.76. The van der Waals surface area contributed by atoms with Gasteiger partial charge in [-0.1, -0.05) is 17.7 Å². The van der Waals surface area contributed by atoms with E-state index in [1.807, 2.05) is 19.1 Å². The van der Waals surface area contributed by atoms with Crippen LogP contribution in [0.5, 0.6) is 11.5 Å². The van der Waals surface area contributed by atoms with Gasteiger partial charge in [-0.05, 0) is 48.9 Å². The number of benzene rings is 2. The molecule has 0 aliphatic heterocycles. The lowest BCUT2D eigenvalue weighted by Crippen LogP contribution is -2.22. The second-order valence-electron chi connectivity index (χ2n) is 5.39. The normalized spacial score (nSPS) is 11.5. The van der Waals surface area contributed by atoms with E-state index < -0.39 is 10.0 Å². The van der Waals surface area contributed by atoms with Crippen LogP contribution in [0.25, 0.3) is 0 Å². The third-order valence-corrected chi connectivity index (χ3v) is 5.44. The predicted octanol–water partition coefficient (Wildman–Crippen LogP) is 3.36. The minimum Gasteiger partial charge on any atom is -0.490 e. The van der Waals surface area contributed by atoms with Crippen LogP contribution in [0, 0.1) is 6.92 Å². The fourth-order valence-corrected chi connectivity index (χ4v) is 3.02. The molecule has 0 fully saturated rings. The quantitative estimate of drug-likeness (QED) is 0.702. The molecule has 0 spiro atoms. The van der Waals surface area contributed by atoms with Crippen molar-refractivity contribution in [3.63, 3.8) is 0 Å². The minimum atomic E-state index is -3.43. The van der Waals surface area contributed by atoms with Crippen molar-refractivity contribution in [1.82, 2.24) is 4.31 Å². The van der Waals surface area contributed by atoms with Crippen LogP contribution >= 0.6 is 11.6 Å². The maximum absolute atomic E-state index is 12.0. The van der Waals surface area contributed by atoms with Crippen molar-refractivity contribution in [3.05, 3.63) is 53.1 Å². The monoisotopic (exact) mass is 369 g/mol. The van der Waals surface area contributed by atoms with Crippen molar-refractivity contribution >= 4 is 21.6 Å². The highest BCUT2D eigenvalue weighted by molar-refractivity contribution is 7.89. The SMILES string of the molecule is Cc1ccc(Cl)c(OCCOc2ccc(S(=O)(=O)N(C)C)cc2)c1. The van der Waals surface area contributed by atoms with Gasteiger partial charge in [0, 0.05) is 14.1 Å². The Balaban J connectivity index is 1.88. The third kappa shape index (κ3) is 4.63. The number of hydrogen-bond acceptors (Lipinski definition) is 4. The Labute approximate surface area is 147 Å². The molecule has 0 aliphatic carbocycles. The first-order valence-corrected chi connectivity index (χ1v) is 9.17. The molecule has 24 heavy (non-hydrogen) atoms. The van der Waals surface area contributed by atoms with Crippen molar-refractivity contribution in [2.75, 3.05) is 27.3 Å². The molecule has 0 bridgehead atoms. The van der Waals surface area contributed by atoms with Crippen molar-refractivity contribution in [3.8, 4) is 11.5 Å². The molecule has 0 aliphatic rings. The number of hydrogen-bond donors (Lipinski definition) is 0. The minimum absolute atomic E-state index is 0.225. The van der Waals surface area contributed by atoms with Gasteiger partial charge < -0.3 is 9.47 Å². The molecule has 2 aromatic rings. The fourth-order valence-electron chi connectivity index (χ4n) is 1.95. The Morgan fingerprint density at radius 1 is 1.00 bits per heavy atom. The van der Waals surface area contributed by atoms with Crippen molar-refractivity contribution in [2.24, 2.45) is 0 Å². The van der Waals surface area contributed by atoms with Gasteiger partial charge in [0.1, 0.15) is 24.7 Å². The maximum Gasteiger partial charge on any atom is 0.242 e. The molecule has 0 radical (unpaired) electrons. The third-order valence-electron chi connectivity index (χ3n) is 3.30. The molecular formula is C17H20ClNO4S. The lowest BCUT2D eigenvalue weighted by molar-refractivity contribution is 0.217. The smallest absolute Gasteiger partial charge is 0.242 e. The van der Waals surface area contributed by atoms with Crippen LogP contribution in [-0.2, 0) is 10.0 Å². The van der Waals surface area contributed by atoms with E-state index in [1.54, 1.807) is 18.2 Å². The number of sulfonamides is 1. The van der Waals surface area contributed by atoms with Gasteiger partial charge in [0.25, 0.3) is 0 Å². The second-order valence-corrected chi connectivity index (χ2v) is 7.95. The molecule has 2 aromatic carbocycles. The van der Waals surface area contributed by atoms with Gasteiger partial charge in [0.2, 0.25) is 10.0 Å². The molecule has 0 N–H and O–H groups in total. The summed E-state index contributed by atoms with van der Waals surface area (Å²) in [6.45, 7) is 2.62. The predicted molar refractivity (Wildman–Crippen MR) is 94.5 cm³/mol. The average Bonchev–Trinajstić information content (AvgIpc) is 2.55. The van der Waals surface area contributed by atoms with Gasteiger partial charge in [-0.3, -0.25) is 0 Å². The molecule has 0 saturated heterocycles. The van der Waals surface area contributed by atoms with E-state index in [0.717, 1.165) is 5.56 Å². The van der Waals surface area contributed by atoms with E-state index in [1.165, 1.54) is 30.5 Å². The van der Waals surface area contributed by atoms with Crippen LogP contribution in [0.2, 0.25) is 5.02 Å². The number of halogens is 1. The molecule has 0 aromatic heterocycles. The van der Waals surface area contributed by atoms with Crippen LogP contribution in [0.1, 0.15) is 5.56 Å². The van der Waals surface area contributed by atoms with Crippen LogP contribution < -0.4 is 9.47 Å². The summed E-state index contributed by atoms with van der Waals surface area (Å²) in [5, 5.41) is 0.554. The van der Waals surface area contributed by atoms with E-state index in [2.05, 4.69) is 0 Å². The van der Waals surface area contributed by atoms with Crippen LogP contribution in [0.15, 0.2) is 47.4 Å². The van der Waals surface area contributed by atoms with Crippen molar-refractivity contribution in [1.29, 1.82) is 0 Å². The van der Waals surface area contributed by atoms with Gasteiger partial charge in [0.05, 0.1) is 9.92 Å². The van der Waals surface area contributed by atoms with Crippen molar-refractivity contribution < 1.29 is 17.9 Å².